The Bertz CT molecular complexity index is 601. The van der Waals surface area contributed by atoms with Crippen molar-refractivity contribution in [2.24, 2.45) is 0 Å². The summed E-state index contributed by atoms with van der Waals surface area (Å²) in [5.41, 5.74) is 1.06. The molecule has 2 rings (SSSR count). The maximum Gasteiger partial charge on any atom is 0.256 e. The molecule has 0 fully saturated rings. The van der Waals surface area contributed by atoms with Crippen molar-refractivity contribution in [3.8, 4) is 0 Å². The molecule has 2 aromatic carbocycles. The van der Waals surface area contributed by atoms with E-state index in [1.165, 1.54) is 18.2 Å². The summed E-state index contributed by atoms with van der Waals surface area (Å²) in [7, 11) is 0. The summed E-state index contributed by atoms with van der Waals surface area (Å²) < 4.78 is 14.2. The fourth-order valence-electron chi connectivity index (χ4n) is 1.44. The van der Waals surface area contributed by atoms with E-state index in [4.69, 9.17) is 0 Å². The van der Waals surface area contributed by atoms with Crippen molar-refractivity contribution >= 4 is 43.5 Å². The summed E-state index contributed by atoms with van der Waals surface area (Å²) in [6.07, 6.45) is 0. The Morgan fingerprint density at radius 2 is 1.89 bits per heavy atom. The van der Waals surface area contributed by atoms with Crippen LogP contribution < -0.4 is 5.32 Å². The molecule has 2 nitrogen and oxygen atoms in total. The Kier molecular flexibility index (Phi) is 4.14. The molecule has 0 saturated heterocycles. The van der Waals surface area contributed by atoms with Crippen LogP contribution in [0.25, 0.3) is 0 Å². The molecular formula is C13H8Br2FNO. The van der Waals surface area contributed by atoms with Crippen molar-refractivity contribution in [3.05, 3.63) is 62.8 Å². The number of amides is 1. The molecule has 1 amide bonds. The second kappa shape index (κ2) is 5.63. The average molecular weight is 373 g/mol. The number of hydrogen-bond acceptors (Lipinski definition) is 1. The maximum atomic E-state index is 12.9. The fraction of sp³-hybridized carbons (Fsp3) is 0. The van der Waals surface area contributed by atoms with E-state index in [0.29, 0.717) is 15.7 Å². The maximum absolute atomic E-state index is 12.9. The lowest BCUT2D eigenvalue weighted by molar-refractivity contribution is 0.102. The summed E-state index contributed by atoms with van der Waals surface area (Å²) >= 11 is 6.49. The van der Waals surface area contributed by atoms with Gasteiger partial charge >= 0.3 is 0 Å². The van der Waals surface area contributed by atoms with Gasteiger partial charge in [0.25, 0.3) is 5.91 Å². The molecule has 0 unspecified atom stereocenters. The van der Waals surface area contributed by atoms with Crippen LogP contribution in [0, 0.1) is 5.82 Å². The van der Waals surface area contributed by atoms with Gasteiger partial charge in [-0.2, -0.15) is 0 Å². The molecule has 92 valence electrons. The highest BCUT2D eigenvalue weighted by Crippen LogP contribution is 2.21. The molecule has 0 heterocycles. The Morgan fingerprint density at radius 3 is 2.56 bits per heavy atom. The average Bonchev–Trinajstić information content (AvgIpc) is 2.28. The second-order valence-corrected chi connectivity index (χ2v) is 5.36. The van der Waals surface area contributed by atoms with Crippen LogP contribution in [0.5, 0.6) is 0 Å². The monoisotopic (exact) mass is 371 g/mol. The minimum Gasteiger partial charge on any atom is -0.322 e. The quantitative estimate of drug-likeness (QED) is 0.819. The number of carbonyl (C=O) groups is 1. The summed E-state index contributed by atoms with van der Waals surface area (Å²) in [6.45, 7) is 0. The molecule has 1 N–H and O–H groups in total. The zero-order valence-electron chi connectivity index (χ0n) is 9.08. The lowest BCUT2D eigenvalue weighted by Gasteiger charge is -2.07. The first-order valence-corrected chi connectivity index (χ1v) is 6.67. The van der Waals surface area contributed by atoms with E-state index < -0.39 is 0 Å². The zero-order chi connectivity index (χ0) is 13.1. The lowest BCUT2D eigenvalue weighted by atomic mass is 10.2. The van der Waals surface area contributed by atoms with E-state index in [-0.39, 0.29) is 11.7 Å². The fourth-order valence-corrected chi connectivity index (χ4v) is 2.37. The number of hydrogen-bond donors (Lipinski definition) is 1. The van der Waals surface area contributed by atoms with Gasteiger partial charge in [-0.25, -0.2) is 4.39 Å². The third-order valence-electron chi connectivity index (χ3n) is 2.26. The second-order valence-electron chi connectivity index (χ2n) is 3.59. The smallest absolute Gasteiger partial charge is 0.256 e. The molecule has 0 aliphatic rings. The van der Waals surface area contributed by atoms with Crippen molar-refractivity contribution in [3.63, 3.8) is 0 Å². The molecule has 0 radical (unpaired) electrons. The molecule has 0 saturated carbocycles. The minimum absolute atomic E-state index is 0.292. The molecule has 0 spiro atoms. The van der Waals surface area contributed by atoms with Gasteiger partial charge < -0.3 is 5.32 Å². The van der Waals surface area contributed by atoms with Gasteiger partial charge in [0, 0.05) is 14.6 Å². The van der Waals surface area contributed by atoms with Crippen LogP contribution in [0.1, 0.15) is 10.4 Å². The van der Waals surface area contributed by atoms with Crippen LogP contribution in [0.15, 0.2) is 51.4 Å². The number of nitrogens with one attached hydrogen (secondary N) is 1. The van der Waals surface area contributed by atoms with E-state index in [9.17, 15) is 9.18 Å². The topological polar surface area (TPSA) is 29.1 Å². The SMILES string of the molecule is O=C(Nc1cccc(Br)c1)c1ccc(F)cc1Br. The van der Waals surface area contributed by atoms with Crippen LogP contribution in [-0.4, -0.2) is 5.91 Å². The number of anilines is 1. The van der Waals surface area contributed by atoms with Crippen LogP contribution in [-0.2, 0) is 0 Å². The minimum atomic E-state index is -0.388. The summed E-state index contributed by atoms with van der Waals surface area (Å²) in [6, 6.07) is 11.2. The normalized spacial score (nSPS) is 10.2. The van der Waals surface area contributed by atoms with E-state index in [0.717, 1.165) is 4.47 Å². The molecule has 0 aliphatic heterocycles. The Labute approximate surface area is 120 Å². The third kappa shape index (κ3) is 3.17. The first-order valence-electron chi connectivity index (χ1n) is 5.08. The highest BCUT2D eigenvalue weighted by atomic mass is 79.9. The molecule has 0 aromatic heterocycles. The van der Waals surface area contributed by atoms with Crippen molar-refractivity contribution in [2.75, 3.05) is 5.32 Å². The number of benzene rings is 2. The van der Waals surface area contributed by atoms with E-state index >= 15 is 0 Å². The molecule has 0 bridgehead atoms. The number of halogens is 3. The third-order valence-corrected chi connectivity index (χ3v) is 3.41. The highest BCUT2D eigenvalue weighted by molar-refractivity contribution is 9.10. The Morgan fingerprint density at radius 1 is 1.11 bits per heavy atom. The van der Waals surface area contributed by atoms with Gasteiger partial charge in [0.15, 0.2) is 0 Å². The largest absolute Gasteiger partial charge is 0.322 e. The predicted molar refractivity (Wildman–Crippen MR) is 76.2 cm³/mol. The van der Waals surface area contributed by atoms with Gasteiger partial charge in [0.1, 0.15) is 5.82 Å². The number of rotatable bonds is 2. The standard InChI is InChI=1S/C13H8Br2FNO/c14-8-2-1-3-10(6-8)17-13(18)11-5-4-9(16)7-12(11)15/h1-7H,(H,17,18). The van der Waals surface area contributed by atoms with Crippen LogP contribution in [0.4, 0.5) is 10.1 Å². The van der Waals surface area contributed by atoms with Crippen molar-refractivity contribution < 1.29 is 9.18 Å². The van der Waals surface area contributed by atoms with Crippen molar-refractivity contribution in [1.29, 1.82) is 0 Å². The number of carbonyl (C=O) groups excluding carboxylic acids is 1. The highest BCUT2D eigenvalue weighted by Gasteiger charge is 2.10. The molecule has 0 atom stereocenters. The first kappa shape index (κ1) is 13.2. The van der Waals surface area contributed by atoms with Crippen LogP contribution >= 0.6 is 31.9 Å². The van der Waals surface area contributed by atoms with Gasteiger partial charge in [-0.1, -0.05) is 22.0 Å². The van der Waals surface area contributed by atoms with Gasteiger partial charge in [-0.05, 0) is 52.3 Å². The van der Waals surface area contributed by atoms with Gasteiger partial charge in [0.05, 0.1) is 5.56 Å². The van der Waals surface area contributed by atoms with Crippen molar-refractivity contribution in [2.45, 2.75) is 0 Å². The predicted octanol–water partition coefficient (Wildman–Crippen LogP) is 4.60. The Hall–Kier alpha value is -1.20. The molecule has 2 aromatic rings. The summed E-state index contributed by atoms with van der Waals surface area (Å²) in [5, 5.41) is 2.74. The van der Waals surface area contributed by atoms with E-state index in [1.54, 1.807) is 12.1 Å². The van der Waals surface area contributed by atoms with Gasteiger partial charge in [-0.3, -0.25) is 4.79 Å². The molecule has 0 aliphatic carbocycles. The van der Waals surface area contributed by atoms with E-state index in [2.05, 4.69) is 37.2 Å². The lowest BCUT2D eigenvalue weighted by Crippen LogP contribution is -2.12. The first-order chi connectivity index (χ1) is 8.56. The van der Waals surface area contributed by atoms with E-state index in [1.807, 2.05) is 12.1 Å². The molecule has 5 heteroatoms. The van der Waals surface area contributed by atoms with Gasteiger partial charge in [0.2, 0.25) is 0 Å². The van der Waals surface area contributed by atoms with Gasteiger partial charge in [-0.15, -0.1) is 0 Å². The zero-order valence-corrected chi connectivity index (χ0v) is 12.3. The molecular weight excluding hydrogens is 365 g/mol. The summed E-state index contributed by atoms with van der Waals surface area (Å²) in [5.74, 6) is -0.680. The van der Waals surface area contributed by atoms with Crippen LogP contribution in [0.3, 0.4) is 0 Å². The van der Waals surface area contributed by atoms with Crippen LogP contribution in [0.2, 0.25) is 0 Å². The summed E-state index contributed by atoms with van der Waals surface area (Å²) in [4.78, 5) is 12.0. The Balaban J connectivity index is 2.22. The molecule has 18 heavy (non-hydrogen) atoms. The van der Waals surface area contributed by atoms with Crippen molar-refractivity contribution in [1.82, 2.24) is 0 Å².